The van der Waals surface area contributed by atoms with Gasteiger partial charge in [-0.1, -0.05) is 230 Å². The summed E-state index contributed by atoms with van der Waals surface area (Å²) in [6.45, 7) is 8.37. The van der Waals surface area contributed by atoms with E-state index >= 15 is 0 Å². The maximum atomic E-state index is 6.38. The lowest BCUT2D eigenvalue weighted by atomic mass is 9.75. The van der Waals surface area contributed by atoms with Crippen molar-refractivity contribution in [2.24, 2.45) is 0 Å². The van der Waals surface area contributed by atoms with Crippen LogP contribution < -0.4 is 5.46 Å². The van der Waals surface area contributed by atoms with E-state index in [0.29, 0.717) is 5.15 Å². The van der Waals surface area contributed by atoms with E-state index in [-0.39, 0.29) is 11.2 Å². The minimum absolute atomic E-state index is 0.376. The summed E-state index contributed by atoms with van der Waals surface area (Å²) in [6.07, 6.45) is 0. The largest absolute Gasteiger partial charge is 0.495 e. The predicted molar refractivity (Wildman–Crippen MR) is 363 cm³/mol. The summed E-state index contributed by atoms with van der Waals surface area (Å²) >= 11 is 6.16. The Morgan fingerprint density at radius 2 is 0.659 bits per heavy atom. The Kier molecular flexibility index (Phi) is 13.7. The van der Waals surface area contributed by atoms with Crippen LogP contribution in [0.4, 0.5) is 0 Å². The summed E-state index contributed by atoms with van der Waals surface area (Å²) in [4.78, 5) is 19.2. The van der Waals surface area contributed by atoms with Crippen LogP contribution in [0.2, 0.25) is 5.15 Å². The molecule has 5 heterocycles. The Bertz CT molecular complexity index is 5320. The van der Waals surface area contributed by atoms with Gasteiger partial charge in [0.2, 0.25) is 0 Å². The molecule has 1 saturated heterocycles. The van der Waals surface area contributed by atoms with Crippen LogP contribution in [0, 0.1) is 0 Å². The molecule has 88 heavy (non-hydrogen) atoms. The van der Waals surface area contributed by atoms with Gasteiger partial charge in [0, 0.05) is 38.2 Å². The Morgan fingerprint density at radius 3 is 1.18 bits per heavy atom. The molecule has 0 saturated carbocycles. The second kappa shape index (κ2) is 22.2. The van der Waals surface area contributed by atoms with Gasteiger partial charge in [-0.3, -0.25) is 0 Å². The van der Waals surface area contributed by atoms with Gasteiger partial charge >= 0.3 is 7.12 Å². The van der Waals surface area contributed by atoms with Crippen molar-refractivity contribution in [1.29, 1.82) is 0 Å². The molecular weight excluding hydrogens is 1100 g/mol. The van der Waals surface area contributed by atoms with Crippen molar-refractivity contribution in [3.8, 4) is 56.0 Å². The van der Waals surface area contributed by atoms with Gasteiger partial charge in [-0.05, 0) is 125 Å². The van der Waals surface area contributed by atoms with E-state index in [2.05, 4.69) is 171 Å². The molecule has 12 aromatic carbocycles. The maximum absolute atomic E-state index is 6.38. The second-order valence-corrected chi connectivity index (χ2v) is 23.4. The summed E-state index contributed by atoms with van der Waals surface area (Å²) in [7, 11) is -0.399. The van der Waals surface area contributed by atoms with Gasteiger partial charge in [-0.15, -0.1) is 0 Å². The van der Waals surface area contributed by atoms with E-state index in [1.54, 1.807) is 0 Å². The van der Waals surface area contributed by atoms with Gasteiger partial charge in [-0.2, -0.15) is 0 Å². The van der Waals surface area contributed by atoms with Gasteiger partial charge in [-0.25, -0.2) is 19.9 Å². The van der Waals surface area contributed by atoms with Gasteiger partial charge < -0.3 is 18.1 Å². The third-order valence-corrected chi connectivity index (χ3v) is 17.5. The number of aromatic nitrogens is 4. The van der Waals surface area contributed by atoms with Crippen LogP contribution in [0.15, 0.2) is 276 Å². The van der Waals surface area contributed by atoms with Crippen LogP contribution in [0.25, 0.3) is 144 Å². The minimum Gasteiger partial charge on any atom is -0.456 e. The lowest BCUT2D eigenvalue weighted by molar-refractivity contribution is 0.00578. The highest BCUT2D eigenvalue weighted by Gasteiger charge is 2.52. The highest BCUT2D eigenvalue weighted by molar-refractivity contribution is 6.65. The first-order chi connectivity index (χ1) is 43.0. The van der Waals surface area contributed by atoms with Crippen molar-refractivity contribution in [1.82, 2.24) is 19.9 Å². The number of para-hydroxylation sites is 6. The summed E-state index contributed by atoms with van der Waals surface area (Å²) in [5.41, 5.74) is 17.6. The van der Waals surface area contributed by atoms with Gasteiger partial charge in [0.15, 0.2) is 5.15 Å². The number of hydrogen-bond donors (Lipinski definition) is 0. The number of halogens is 1. The topological polar surface area (TPSA) is 96.3 Å². The molecule has 0 aliphatic carbocycles. The standard InChI is InChI=1S/C36H22N2O.C28H25BO3.C14H9ClN2/c1-2-11-23(12-3-1)35-36(38-31-18-8-7-17-30(31)37-35)28-22-21-26(24-13-4-5-14-25(24)28)27-16-10-20-33-34(27)29-15-6-9-19-32(29)39-33;1-27(2)28(3,4)32-29(31-27)23-17-16-19(18-10-5-6-11-20(18)23)21-13-9-15-25-26(21)22-12-7-8-14-24(22)30-25;15-14-13(10-6-2-1-3-7-10)16-11-8-4-5-9-12(11)17-14/h1-22H;5-17H,1-4H3;1-9H. The lowest BCUT2D eigenvalue weighted by Crippen LogP contribution is -2.41. The zero-order valence-electron chi connectivity index (χ0n) is 48.8. The predicted octanol–water partition coefficient (Wildman–Crippen LogP) is 20.3. The first-order valence-corrected chi connectivity index (χ1v) is 29.9. The third kappa shape index (κ3) is 9.70. The molecule has 17 rings (SSSR count). The number of hydrogen-bond acceptors (Lipinski definition) is 8. The zero-order chi connectivity index (χ0) is 59.5. The molecule has 422 valence electrons. The molecular formula is C78H56BClN4O4. The first-order valence-electron chi connectivity index (χ1n) is 29.6. The quantitative estimate of drug-likeness (QED) is 0.152. The summed E-state index contributed by atoms with van der Waals surface area (Å²) in [5.74, 6) is 0. The molecule has 0 amide bonds. The van der Waals surface area contributed by atoms with E-state index in [1.165, 1.54) is 27.5 Å². The summed E-state index contributed by atoms with van der Waals surface area (Å²) in [6, 6.07) is 90.9. The van der Waals surface area contributed by atoms with Crippen molar-refractivity contribution in [2.75, 3.05) is 0 Å². The monoisotopic (exact) mass is 1160 g/mol. The number of nitrogens with zero attached hydrogens (tertiary/aromatic N) is 4. The summed E-state index contributed by atoms with van der Waals surface area (Å²) in [5, 5.41) is 9.63. The van der Waals surface area contributed by atoms with Crippen LogP contribution in [0.3, 0.4) is 0 Å². The highest BCUT2D eigenvalue weighted by Crippen LogP contribution is 2.45. The van der Waals surface area contributed by atoms with Crippen molar-refractivity contribution in [3.63, 3.8) is 0 Å². The van der Waals surface area contributed by atoms with E-state index < -0.39 is 7.12 Å². The van der Waals surface area contributed by atoms with Crippen LogP contribution in [0.1, 0.15) is 27.7 Å². The zero-order valence-corrected chi connectivity index (χ0v) is 49.5. The normalized spacial score (nSPS) is 13.6. The van der Waals surface area contributed by atoms with E-state index in [1.807, 2.05) is 133 Å². The molecule has 10 heteroatoms. The molecule has 1 fully saturated rings. The van der Waals surface area contributed by atoms with Crippen LogP contribution in [-0.4, -0.2) is 38.3 Å². The van der Waals surface area contributed by atoms with Crippen molar-refractivity contribution in [2.45, 2.75) is 38.9 Å². The fourth-order valence-corrected chi connectivity index (χ4v) is 12.5. The average molecular weight is 1160 g/mol. The molecule has 0 N–H and O–H groups in total. The minimum atomic E-state index is -0.399. The van der Waals surface area contributed by atoms with Crippen LogP contribution >= 0.6 is 11.6 Å². The second-order valence-electron chi connectivity index (χ2n) is 23.1. The third-order valence-electron chi connectivity index (χ3n) is 17.2. The molecule has 0 radical (unpaired) electrons. The van der Waals surface area contributed by atoms with E-state index in [0.717, 1.165) is 122 Å². The molecule has 0 spiro atoms. The van der Waals surface area contributed by atoms with Gasteiger partial charge in [0.25, 0.3) is 0 Å². The van der Waals surface area contributed by atoms with Crippen LogP contribution in [0.5, 0.6) is 0 Å². The fourth-order valence-electron chi connectivity index (χ4n) is 12.2. The molecule has 1 aliphatic heterocycles. The Balaban J connectivity index is 0.000000119. The number of furan rings is 2. The Morgan fingerprint density at radius 1 is 0.295 bits per heavy atom. The van der Waals surface area contributed by atoms with Gasteiger partial charge in [0.05, 0.1) is 44.7 Å². The number of benzene rings is 12. The highest BCUT2D eigenvalue weighted by atomic mass is 35.5. The molecule has 0 atom stereocenters. The molecule has 8 nitrogen and oxygen atoms in total. The van der Waals surface area contributed by atoms with Crippen molar-refractivity contribution >= 4 is 112 Å². The van der Waals surface area contributed by atoms with E-state index in [4.69, 9.17) is 39.7 Å². The van der Waals surface area contributed by atoms with Gasteiger partial charge in [0.1, 0.15) is 28.0 Å². The number of rotatable bonds is 6. The first kappa shape index (κ1) is 54.4. The molecule has 1 aliphatic rings. The molecule has 0 unspecified atom stereocenters. The molecule has 16 aromatic rings. The Labute approximate surface area is 513 Å². The fraction of sp³-hybridized carbons (Fsp3) is 0.0769. The van der Waals surface area contributed by atoms with Crippen molar-refractivity contribution in [3.05, 3.63) is 272 Å². The van der Waals surface area contributed by atoms with Crippen LogP contribution in [-0.2, 0) is 9.31 Å². The average Bonchev–Trinajstić information content (AvgIpc) is 1.57. The smallest absolute Gasteiger partial charge is 0.456 e. The maximum Gasteiger partial charge on any atom is 0.495 e. The van der Waals surface area contributed by atoms with Crippen molar-refractivity contribution < 1.29 is 18.1 Å². The lowest BCUT2D eigenvalue weighted by Gasteiger charge is -2.32. The molecule has 4 aromatic heterocycles. The summed E-state index contributed by atoms with van der Waals surface area (Å²) < 4.78 is 25.1. The Hall–Kier alpha value is -10.3. The molecule has 0 bridgehead atoms. The number of fused-ring (bicyclic) bond motifs is 10. The SMILES string of the molecule is CC1(C)OB(c2ccc(-c3cccc4oc5ccccc5c34)c3ccccc23)OC1(C)C.Clc1nc2ccccc2nc1-c1ccccc1.c1ccc(-c2nc3ccccc3nc2-c2ccc(-c3cccc4oc5ccccc5c34)c3ccccc23)cc1. The van der Waals surface area contributed by atoms with E-state index in [9.17, 15) is 0 Å².